The maximum atomic E-state index is 11.3. The van der Waals surface area contributed by atoms with Crippen molar-refractivity contribution >= 4 is 10.2 Å². The van der Waals surface area contributed by atoms with Crippen LogP contribution in [-0.2, 0) is 23.2 Å². The molecule has 0 aromatic heterocycles. The minimum Gasteiger partial charge on any atom is -0.330 e. The molecule has 4 N–H and O–H groups in total. The van der Waals surface area contributed by atoms with Crippen molar-refractivity contribution in [1.29, 1.82) is 0 Å². The zero-order chi connectivity index (χ0) is 12.7. The molecule has 0 spiro atoms. The molecule has 0 saturated carbocycles. The zero-order valence-electron chi connectivity index (χ0n) is 9.94. The Kier molecular flexibility index (Phi) is 5.57. The monoisotopic (exact) mass is 257 g/mol. The maximum absolute atomic E-state index is 11.3. The van der Waals surface area contributed by atoms with Crippen LogP contribution in [0.15, 0.2) is 24.3 Å². The fourth-order valence-corrected chi connectivity index (χ4v) is 2.25. The average Bonchev–Trinajstić information content (AvgIpc) is 2.29. The van der Waals surface area contributed by atoms with Gasteiger partial charge in [0.05, 0.1) is 0 Å². The molecule has 0 radical (unpaired) electrons. The molecule has 1 rings (SSSR count). The molecule has 1 aromatic carbocycles. The third-order valence-corrected chi connectivity index (χ3v) is 3.45. The third kappa shape index (κ3) is 5.27. The van der Waals surface area contributed by atoms with Crippen molar-refractivity contribution in [2.45, 2.75) is 19.9 Å². The van der Waals surface area contributed by atoms with Crippen LogP contribution < -0.4 is 15.2 Å². The van der Waals surface area contributed by atoms with Crippen LogP contribution in [-0.4, -0.2) is 21.5 Å². The second-order valence-corrected chi connectivity index (χ2v) is 5.26. The predicted molar refractivity (Wildman–Crippen MR) is 68.6 cm³/mol. The van der Waals surface area contributed by atoms with E-state index in [9.17, 15) is 8.42 Å². The molecule has 6 heteroatoms. The van der Waals surface area contributed by atoms with E-state index in [1.54, 1.807) is 6.92 Å². The summed E-state index contributed by atoms with van der Waals surface area (Å²) < 4.78 is 27.5. The summed E-state index contributed by atoms with van der Waals surface area (Å²) in [5.41, 5.74) is 7.53. The van der Waals surface area contributed by atoms with Gasteiger partial charge in [0, 0.05) is 13.1 Å². The van der Waals surface area contributed by atoms with Gasteiger partial charge in [0.25, 0.3) is 10.2 Å². The number of hydrogen-bond acceptors (Lipinski definition) is 3. The molecule has 0 amide bonds. The molecular formula is C11H19N3O2S. The minimum absolute atomic E-state index is 0.290. The molecule has 0 aliphatic rings. The van der Waals surface area contributed by atoms with Crippen molar-refractivity contribution in [2.24, 2.45) is 5.73 Å². The molecule has 1 aromatic rings. The van der Waals surface area contributed by atoms with E-state index in [1.165, 1.54) is 0 Å². The van der Waals surface area contributed by atoms with Gasteiger partial charge in [-0.3, -0.25) is 0 Å². The van der Waals surface area contributed by atoms with E-state index in [4.69, 9.17) is 5.73 Å². The summed E-state index contributed by atoms with van der Waals surface area (Å²) in [5, 5.41) is 0. The largest absolute Gasteiger partial charge is 0.330 e. The molecule has 0 saturated heterocycles. The second-order valence-electron chi connectivity index (χ2n) is 3.68. The lowest BCUT2D eigenvalue weighted by molar-refractivity contribution is 0.568. The topological polar surface area (TPSA) is 84.2 Å². The summed E-state index contributed by atoms with van der Waals surface area (Å²) >= 11 is 0. The molecule has 17 heavy (non-hydrogen) atoms. The molecule has 96 valence electrons. The van der Waals surface area contributed by atoms with E-state index < -0.39 is 10.2 Å². The smallest absolute Gasteiger partial charge is 0.277 e. The first kappa shape index (κ1) is 14.1. The van der Waals surface area contributed by atoms with Gasteiger partial charge in [-0.05, 0) is 24.1 Å². The predicted octanol–water partition coefficient (Wildman–Crippen LogP) is 0.132. The van der Waals surface area contributed by atoms with E-state index in [1.807, 2.05) is 24.3 Å². The molecule has 0 aliphatic heterocycles. The van der Waals surface area contributed by atoms with Crippen molar-refractivity contribution in [3.05, 3.63) is 35.4 Å². The summed E-state index contributed by atoms with van der Waals surface area (Å²) in [6, 6.07) is 7.73. The Balaban J connectivity index is 2.52. The van der Waals surface area contributed by atoms with Crippen LogP contribution in [0.2, 0.25) is 0 Å². The van der Waals surface area contributed by atoms with Gasteiger partial charge in [0.15, 0.2) is 0 Å². The van der Waals surface area contributed by atoms with Crippen molar-refractivity contribution < 1.29 is 8.42 Å². The lowest BCUT2D eigenvalue weighted by Gasteiger charge is -2.07. The van der Waals surface area contributed by atoms with Crippen LogP contribution in [0.25, 0.3) is 0 Å². The highest BCUT2D eigenvalue weighted by Gasteiger charge is 2.06. The number of nitrogens with two attached hydrogens (primary N) is 1. The van der Waals surface area contributed by atoms with Crippen LogP contribution in [0.5, 0.6) is 0 Å². The first-order valence-corrected chi connectivity index (χ1v) is 7.08. The summed E-state index contributed by atoms with van der Waals surface area (Å²) in [7, 11) is -3.37. The van der Waals surface area contributed by atoms with E-state index in [-0.39, 0.29) is 6.54 Å². The van der Waals surface area contributed by atoms with Crippen LogP contribution in [0, 0.1) is 0 Å². The Bertz CT molecular complexity index is 429. The summed E-state index contributed by atoms with van der Waals surface area (Å²) in [6.45, 7) is 3.02. The number of rotatable bonds is 7. The van der Waals surface area contributed by atoms with Crippen molar-refractivity contribution in [3.63, 3.8) is 0 Å². The van der Waals surface area contributed by atoms with Crippen molar-refractivity contribution in [3.8, 4) is 0 Å². The highest BCUT2D eigenvalue weighted by Crippen LogP contribution is 2.04. The molecule has 0 atom stereocenters. The molecule has 0 bridgehead atoms. The molecule has 0 fully saturated rings. The minimum atomic E-state index is -3.37. The number of benzene rings is 1. The summed E-state index contributed by atoms with van der Waals surface area (Å²) in [5.74, 6) is 0. The summed E-state index contributed by atoms with van der Waals surface area (Å²) in [4.78, 5) is 0. The van der Waals surface area contributed by atoms with Crippen LogP contribution in [0.3, 0.4) is 0 Å². The molecule has 0 aliphatic carbocycles. The van der Waals surface area contributed by atoms with Gasteiger partial charge in [-0.1, -0.05) is 31.2 Å². The molecule has 5 nitrogen and oxygen atoms in total. The Morgan fingerprint density at radius 3 is 2.24 bits per heavy atom. The lowest BCUT2D eigenvalue weighted by Crippen LogP contribution is -2.35. The average molecular weight is 257 g/mol. The van der Waals surface area contributed by atoms with Gasteiger partial charge in [-0.15, -0.1) is 0 Å². The van der Waals surface area contributed by atoms with Gasteiger partial charge in [0.2, 0.25) is 0 Å². The van der Waals surface area contributed by atoms with Crippen LogP contribution in [0.4, 0.5) is 0 Å². The van der Waals surface area contributed by atoms with E-state index >= 15 is 0 Å². The van der Waals surface area contributed by atoms with Crippen LogP contribution in [0.1, 0.15) is 18.1 Å². The molecule has 0 unspecified atom stereocenters. The Morgan fingerprint density at radius 2 is 1.71 bits per heavy atom. The summed E-state index contributed by atoms with van der Waals surface area (Å²) in [6.07, 6.45) is 0.837. The Morgan fingerprint density at radius 1 is 1.12 bits per heavy atom. The SMILES string of the molecule is CCNS(=O)(=O)NCc1ccc(CCN)cc1. The lowest BCUT2D eigenvalue weighted by atomic mass is 10.1. The number of hydrogen-bond donors (Lipinski definition) is 3. The normalized spacial score (nSPS) is 11.6. The fraction of sp³-hybridized carbons (Fsp3) is 0.455. The zero-order valence-corrected chi connectivity index (χ0v) is 10.8. The molecule has 0 heterocycles. The third-order valence-electron chi connectivity index (χ3n) is 2.26. The van der Waals surface area contributed by atoms with E-state index in [2.05, 4.69) is 9.44 Å². The fourth-order valence-electron chi connectivity index (χ4n) is 1.41. The first-order chi connectivity index (χ1) is 8.07. The standard InChI is InChI=1S/C11H19N3O2S/c1-2-13-17(15,16)14-9-11-5-3-10(4-6-11)7-8-12/h3-6,13-14H,2,7-9,12H2,1H3. The molecular weight excluding hydrogens is 238 g/mol. The van der Waals surface area contributed by atoms with Crippen molar-refractivity contribution in [2.75, 3.05) is 13.1 Å². The van der Waals surface area contributed by atoms with Gasteiger partial charge in [-0.2, -0.15) is 13.1 Å². The van der Waals surface area contributed by atoms with Crippen molar-refractivity contribution in [1.82, 2.24) is 9.44 Å². The number of nitrogens with one attached hydrogen (secondary N) is 2. The Labute approximate surface area is 103 Å². The Hall–Kier alpha value is -0.950. The van der Waals surface area contributed by atoms with Gasteiger partial charge >= 0.3 is 0 Å². The first-order valence-electron chi connectivity index (χ1n) is 5.59. The van der Waals surface area contributed by atoms with Gasteiger partial charge < -0.3 is 5.73 Å². The quantitative estimate of drug-likeness (QED) is 0.649. The van der Waals surface area contributed by atoms with Gasteiger partial charge in [-0.25, -0.2) is 4.72 Å². The van der Waals surface area contributed by atoms with E-state index in [0.29, 0.717) is 13.1 Å². The maximum Gasteiger partial charge on any atom is 0.277 e. The van der Waals surface area contributed by atoms with Gasteiger partial charge in [0.1, 0.15) is 0 Å². The highest BCUT2D eigenvalue weighted by atomic mass is 32.2. The van der Waals surface area contributed by atoms with Crippen LogP contribution >= 0.6 is 0 Å². The highest BCUT2D eigenvalue weighted by molar-refractivity contribution is 7.87. The van der Waals surface area contributed by atoms with E-state index in [0.717, 1.165) is 17.5 Å². The second kappa shape index (κ2) is 6.70.